The number of rotatable bonds is 2. The normalized spacial score (nSPS) is 23.5. The molecule has 0 N–H and O–H groups in total. The van der Waals surface area contributed by atoms with Gasteiger partial charge in [0, 0.05) is 28.7 Å². The Labute approximate surface area is 127 Å². The minimum atomic E-state index is -0.135. The van der Waals surface area contributed by atoms with E-state index in [4.69, 9.17) is 39.5 Å². The molecule has 1 saturated heterocycles. The van der Waals surface area contributed by atoms with Gasteiger partial charge < -0.3 is 9.64 Å². The lowest BCUT2D eigenvalue weighted by atomic mass is 10.1. The average Bonchev–Trinajstić information content (AvgIpc) is 2.35. The number of hydrogen-bond donors (Lipinski definition) is 0. The molecule has 1 aromatic carbocycles. The summed E-state index contributed by atoms with van der Waals surface area (Å²) in [5, 5.41) is 0.900. The van der Waals surface area contributed by atoms with Gasteiger partial charge >= 0.3 is 0 Å². The van der Waals surface area contributed by atoms with E-state index in [-0.39, 0.29) is 18.1 Å². The number of ether oxygens (including phenoxy) is 1. The first kappa shape index (κ1) is 14.9. The summed E-state index contributed by atoms with van der Waals surface area (Å²) in [5.41, 5.74) is 0.486. The topological polar surface area (TPSA) is 29.5 Å². The number of carbonyl (C=O) groups is 1. The third kappa shape index (κ3) is 3.76. The van der Waals surface area contributed by atoms with Gasteiger partial charge in [-0.2, -0.15) is 0 Å². The van der Waals surface area contributed by atoms with Crippen LogP contribution in [0.1, 0.15) is 17.3 Å². The molecule has 2 unspecified atom stereocenters. The van der Waals surface area contributed by atoms with E-state index in [1.807, 2.05) is 6.92 Å². The maximum absolute atomic E-state index is 12.4. The first-order chi connectivity index (χ1) is 8.99. The molecule has 19 heavy (non-hydrogen) atoms. The number of amides is 1. The molecule has 0 radical (unpaired) electrons. The van der Waals surface area contributed by atoms with Crippen LogP contribution in [-0.4, -0.2) is 42.0 Å². The van der Waals surface area contributed by atoms with Crippen LogP contribution in [0.3, 0.4) is 0 Å². The number of benzene rings is 1. The van der Waals surface area contributed by atoms with Crippen molar-refractivity contribution in [2.45, 2.75) is 19.1 Å². The smallest absolute Gasteiger partial charge is 0.254 e. The summed E-state index contributed by atoms with van der Waals surface area (Å²) < 4.78 is 5.62. The van der Waals surface area contributed by atoms with Crippen molar-refractivity contribution in [2.24, 2.45) is 0 Å². The standard InChI is InChI=1S/C13H14Cl3NO2/c1-8-6-17(7-12(5-14)19-8)13(18)9-2-10(15)4-11(16)3-9/h2-4,8,12H,5-7H2,1H3. The van der Waals surface area contributed by atoms with Crippen LogP contribution in [0, 0.1) is 0 Å². The second-order valence-electron chi connectivity index (χ2n) is 4.59. The Morgan fingerprint density at radius 3 is 2.53 bits per heavy atom. The van der Waals surface area contributed by atoms with Crippen LogP contribution >= 0.6 is 34.8 Å². The fourth-order valence-corrected chi connectivity index (χ4v) is 2.85. The Bertz CT molecular complexity index is 461. The monoisotopic (exact) mass is 321 g/mol. The Balaban J connectivity index is 2.18. The molecular weight excluding hydrogens is 309 g/mol. The van der Waals surface area contributed by atoms with Gasteiger partial charge in [-0.3, -0.25) is 4.79 Å². The fourth-order valence-electron chi connectivity index (χ4n) is 2.16. The largest absolute Gasteiger partial charge is 0.370 e. The van der Waals surface area contributed by atoms with Crippen LogP contribution in [0.2, 0.25) is 10.0 Å². The average molecular weight is 323 g/mol. The van der Waals surface area contributed by atoms with Gasteiger partial charge in [0.1, 0.15) is 0 Å². The number of halogens is 3. The van der Waals surface area contributed by atoms with E-state index in [1.54, 1.807) is 23.1 Å². The molecule has 0 aliphatic carbocycles. The van der Waals surface area contributed by atoms with Crippen molar-refractivity contribution >= 4 is 40.7 Å². The van der Waals surface area contributed by atoms with Gasteiger partial charge in [-0.25, -0.2) is 0 Å². The molecule has 0 bridgehead atoms. The lowest BCUT2D eigenvalue weighted by Crippen LogP contribution is -2.49. The van der Waals surface area contributed by atoms with E-state index in [1.165, 1.54) is 0 Å². The Hall–Kier alpha value is -0.480. The van der Waals surface area contributed by atoms with Crippen LogP contribution in [0.5, 0.6) is 0 Å². The van der Waals surface area contributed by atoms with E-state index in [9.17, 15) is 4.79 Å². The molecule has 104 valence electrons. The van der Waals surface area contributed by atoms with Gasteiger partial charge in [0.15, 0.2) is 0 Å². The summed E-state index contributed by atoms with van der Waals surface area (Å²) in [7, 11) is 0. The lowest BCUT2D eigenvalue weighted by Gasteiger charge is -2.36. The van der Waals surface area contributed by atoms with Gasteiger partial charge in [0.05, 0.1) is 18.1 Å². The Kier molecular flexibility index (Phi) is 4.96. The molecule has 1 aliphatic heterocycles. The number of alkyl halides is 1. The first-order valence-electron chi connectivity index (χ1n) is 5.96. The highest BCUT2D eigenvalue weighted by atomic mass is 35.5. The second kappa shape index (κ2) is 6.31. The van der Waals surface area contributed by atoms with E-state index in [0.717, 1.165) is 0 Å². The minimum absolute atomic E-state index is 0.0314. The molecule has 6 heteroatoms. The zero-order valence-electron chi connectivity index (χ0n) is 10.4. The molecular formula is C13H14Cl3NO2. The van der Waals surface area contributed by atoms with E-state index in [2.05, 4.69) is 0 Å². The summed E-state index contributed by atoms with van der Waals surface area (Å²) >= 11 is 17.6. The predicted molar refractivity (Wildman–Crippen MR) is 77.4 cm³/mol. The molecule has 1 fully saturated rings. The van der Waals surface area contributed by atoms with Crippen molar-refractivity contribution in [2.75, 3.05) is 19.0 Å². The Morgan fingerprint density at radius 1 is 1.32 bits per heavy atom. The summed E-state index contributed by atoms with van der Waals surface area (Å²) in [5.74, 6) is 0.263. The van der Waals surface area contributed by atoms with Crippen molar-refractivity contribution in [1.82, 2.24) is 4.90 Å². The first-order valence-corrected chi connectivity index (χ1v) is 7.25. The van der Waals surface area contributed by atoms with Gasteiger partial charge in [-0.05, 0) is 25.1 Å². The minimum Gasteiger partial charge on any atom is -0.370 e. The van der Waals surface area contributed by atoms with Crippen LogP contribution in [-0.2, 0) is 4.74 Å². The molecule has 2 atom stereocenters. The lowest BCUT2D eigenvalue weighted by molar-refractivity contribution is -0.0570. The van der Waals surface area contributed by atoms with Crippen LogP contribution in [0.4, 0.5) is 0 Å². The van der Waals surface area contributed by atoms with Gasteiger partial charge in [-0.15, -0.1) is 11.6 Å². The predicted octanol–water partition coefficient (Wildman–Crippen LogP) is 3.46. The summed E-state index contributed by atoms with van der Waals surface area (Å²) in [6.45, 7) is 2.94. The van der Waals surface area contributed by atoms with E-state index < -0.39 is 0 Å². The zero-order valence-corrected chi connectivity index (χ0v) is 12.7. The van der Waals surface area contributed by atoms with Crippen molar-refractivity contribution in [3.05, 3.63) is 33.8 Å². The van der Waals surface area contributed by atoms with Crippen molar-refractivity contribution in [3.8, 4) is 0 Å². The third-order valence-corrected chi connectivity index (χ3v) is 3.68. The highest BCUT2D eigenvalue weighted by Gasteiger charge is 2.28. The zero-order chi connectivity index (χ0) is 14.0. The van der Waals surface area contributed by atoms with Crippen molar-refractivity contribution in [1.29, 1.82) is 0 Å². The molecule has 2 rings (SSSR count). The van der Waals surface area contributed by atoms with Crippen LogP contribution in [0.25, 0.3) is 0 Å². The highest BCUT2D eigenvalue weighted by Crippen LogP contribution is 2.22. The van der Waals surface area contributed by atoms with Gasteiger partial charge in [-0.1, -0.05) is 23.2 Å². The molecule has 1 heterocycles. The van der Waals surface area contributed by atoms with Crippen LogP contribution in [0.15, 0.2) is 18.2 Å². The molecule has 0 saturated carbocycles. The SMILES string of the molecule is CC1CN(C(=O)c2cc(Cl)cc(Cl)c2)CC(CCl)O1. The maximum Gasteiger partial charge on any atom is 0.254 e. The molecule has 3 nitrogen and oxygen atoms in total. The number of carbonyl (C=O) groups excluding carboxylic acids is 1. The maximum atomic E-state index is 12.4. The fraction of sp³-hybridized carbons (Fsp3) is 0.462. The molecule has 1 aromatic rings. The molecule has 1 amide bonds. The number of hydrogen-bond acceptors (Lipinski definition) is 2. The van der Waals surface area contributed by atoms with Crippen molar-refractivity contribution in [3.63, 3.8) is 0 Å². The van der Waals surface area contributed by atoms with Crippen LogP contribution < -0.4 is 0 Å². The molecule has 0 spiro atoms. The summed E-state index contributed by atoms with van der Waals surface area (Å²) in [6, 6.07) is 4.83. The van der Waals surface area contributed by atoms with Crippen molar-refractivity contribution < 1.29 is 9.53 Å². The highest BCUT2D eigenvalue weighted by molar-refractivity contribution is 6.35. The molecule has 0 aromatic heterocycles. The second-order valence-corrected chi connectivity index (χ2v) is 5.77. The third-order valence-electron chi connectivity index (χ3n) is 2.90. The summed E-state index contributed by atoms with van der Waals surface area (Å²) in [4.78, 5) is 14.1. The summed E-state index contributed by atoms with van der Waals surface area (Å²) in [6.07, 6.45) is -0.167. The van der Waals surface area contributed by atoms with Gasteiger partial charge in [0.2, 0.25) is 0 Å². The van der Waals surface area contributed by atoms with Gasteiger partial charge in [0.25, 0.3) is 5.91 Å². The number of morpholine rings is 1. The van der Waals surface area contributed by atoms with E-state index >= 15 is 0 Å². The Morgan fingerprint density at radius 2 is 1.95 bits per heavy atom. The van der Waals surface area contributed by atoms with E-state index in [0.29, 0.717) is 34.6 Å². The molecule has 1 aliphatic rings. The quantitative estimate of drug-likeness (QED) is 0.780. The number of nitrogens with zero attached hydrogens (tertiary/aromatic N) is 1.